The number of ether oxygens (including phenoxy) is 1. The molecule has 0 saturated carbocycles. The summed E-state index contributed by atoms with van der Waals surface area (Å²) in [7, 11) is 0. The van der Waals surface area contributed by atoms with Crippen LogP contribution in [-0.4, -0.2) is 24.7 Å². The van der Waals surface area contributed by atoms with E-state index in [-0.39, 0.29) is 0 Å². The first-order chi connectivity index (χ1) is 7.34. The number of hydrogen-bond donors (Lipinski definition) is 1. The van der Waals surface area contributed by atoms with Gasteiger partial charge in [-0.15, -0.1) is 0 Å². The van der Waals surface area contributed by atoms with Gasteiger partial charge in [0.1, 0.15) is 0 Å². The van der Waals surface area contributed by atoms with E-state index >= 15 is 0 Å². The summed E-state index contributed by atoms with van der Waals surface area (Å²) in [5.74, 6) is 1.39. The molecule has 0 amide bonds. The van der Waals surface area contributed by atoms with Crippen molar-refractivity contribution in [3.63, 3.8) is 0 Å². The zero-order valence-corrected chi connectivity index (χ0v) is 9.20. The van der Waals surface area contributed by atoms with Crippen molar-refractivity contribution in [3.8, 4) is 5.88 Å². The summed E-state index contributed by atoms with van der Waals surface area (Å²) in [6.07, 6.45) is 4.32. The molecule has 1 aromatic heterocycles. The molecular weight excluding hydrogens is 188 g/mol. The van der Waals surface area contributed by atoms with E-state index in [1.54, 1.807) is 6.20 Å². The van der Waals surface area contributed by atoms with Crippen molar-refractivity contribution in [2.24, 2.45) is 5.92 Å². The van der Waals surface area contributed by atoms with Crippen LogP contribution in [0.4, 0.5) is 0 Å². The van der Waals surface area contributed by atoms with Gasteiger partial charge in [-0.2, -0.15) is 0 Å². The summed E-state index contributed by atoms with van der Waals surface area (Å²) < 4.78 is 5.68. The van der Waals surface area contributed by atoms with Gasteiger partial charge in [0, 0.05) is 24.7 Å². The van der Waals surface area contributed by atoms with Crippen molar-refractivity contribution in [1.82, 2.24) is 10.3 Å². The highest BCUT2D eigenvalue weighted by Gasteiger charge is 2.13. The van der Waals surface area contributed by atoms with Crippen LogP contribution in [0.5, 0.6) is 5.88 Å². The first kappa shape index (κ1) is 10.4. The number of nitrogens with zero attached hydrogens (tertiary/aromatic N) is 1. The minimum Gasteiger partial charge on any atom is -0.477 e. The first-order valence-corrected chi connectivity index (χ1v) is 5.61. The fourth-order valence-electron chi connectivity index (χ4n) is 1.86. The smallest absolute Gasteiger partial charge is 0.213 e. The standard InChI is InChI=1S/C12H18N2O/c1-10-4-6-14-12(7-10)15-9-11-3-2-5-13-8-11/h4,6-7,11,13H,2-3,5,8-9H2,1H3/t11-/m1/s1. The Bertz CT molecular complexity index is 308. The highest BCUT2D eigenvalue weighted by Crippen LogP contribution is 2.13. The Balaban J connectivity index is 1.81. The summed E-state index contributed by atoms with van der Waals surface area (Å²) >= 11 is 0. The van der Waals surface area contributed by atoms with Crippen molar-refractivity contribution < 1.29 is 4.74 Å². The van der Waals surface area contributed by atoms with Crippen LogP contribution in [0, 0.1) is 12.8 Å². The van der Waals surface area contributed by atoms with Gasteiger partial charge < -0.3 is 10.1 Å². The number of rotatable bonds is 3. The summed E-state index contributed by atoms with van der Waals surface area (Å²) in [4.78, 5) is 4.18. The Hall–Kier alpha value is -1.09. The maximum absolute atomic E-state index is 5.68. The van der Waals surface area contributed by atoms with E-state index in [0.29, 0.717) is 5.92 Å². The zero-order valence-electron chi connectivity index (χ0n) is 9.20. The lowest BCUT2D eigenvalue weighted by Crippen LogP contribution is -2.33. The minimum atomic E-state index is 0.640. The van der Waals surface area contributed by atoms with E-state index in [1.165, 1.54) is 18.4 Å². The second kappa shape index (κ2) is 5.12. The molecule has 0 aromatic carbocycles. The molecule has 0 aliphatic carbocycles. The number of hydrogen-bond acceptors (Lipinski definition) is 3. The van der Waals surface area contributed by atoms with Crippen molar-refractivity contribution in [3.05, 3.63) is 23.9 Å². The minimum absolute atomic E-state index is 0.640. The number of aromatic nitrogens is 1. The molecule has 1 aromatic rings. The van der Waals surface area contributed by atoms with Crippen LogP contribution in [0.25, 0.3) is 0 Å². The molecule has 0 spiro atoms. The van der Waals surface area contributed by atoms with E-state index < -0.39 is 0 Å². The van der Waals surface area contributed by atoms with E-state index in [9.17, 15) is 0 Å². The van der Waals surface area contributed by atoms with Gasteiger partial charge >= 0.3 is 0 Å². The third kappa shape index (κ3) is 3.20. The fourth-order valence-corrected chi connectivity index (χ4v) is 1.86. The molecule has 1 atom stereocenters. The molecule has 1 saturated heterocycles. The maximum atomic E-state index is 5.68. The maximum Gasteiger partial charge on any atom is 0.213 e. The van der Waals surface area contributed by atoms with Gasteiger partial charge in [-0.1, -0.05) is 0 Å². The van der Waals surface area contributed by atoms with E-state index in [4.69, 9.17) is 4.74 Å². The van der Waals surface area contributed by atoms with Crippen LogP contribution in [0.2, 0.25) is 0 Å². The number of aryl methyl sites for hydroxylation is 1. The molecule has 1 fully saturated rings. The molecule has 1 aliphatic rings. The van der Waals surface area contributed by atoms with Crippen molar-refractivity contribution >= 4 is 0 Å². The lowest BCUT2D eigenvalue weighted by atomic mass is 10.0. The Labute approximate surface area is 90.9 Å². The van der Waals surface area contributed by atoms with Crippen LogP contribution >= 0.6 is 0 Å². The van der Waals surface area contributed by atoms with Crippen LogP contribution in [0.3, 0.4) is 0 Å². The molecule has 0 radical (unpaired) electrons. The average Bonchev–Trinajstić information content (AvgIpc) is 2.28. The van der Waals surface area contributed by atoms with Gasteiger partial charge in [0.15, 0.2) is 0 Å². The number of nitrogens with one attached hydrogen (secondary N) is 1. The summed E-state index contributed by atoms with van der Waals surface area (Å²) in [5.41, 5.74) is 1.20. The van der Waals surface area contributed by atoms with Gasteiger partial charge in [0.05, 0.1) is 6.61 Å². The monoisotopic (exact) mass is 206 g/mol. The molecule has 3 nitrogen and oxygen atoms in total. The molecular formula is C12H18N2O. The Morgan fingerprint density at radius 1 is 1.60 bits per heavy atom. The second-order valence-corrected chi connectivity index (χ2v) is 4.19. The summed E-state index contributed by atoms with van der Waals surface area (Å²) in [6.45, 7) is 5.06. The highest BCUT2D eigenvalue weighted by molar-refractivity contribution is 5.18. The van der Waals surface area contributed by atoms with Crippen LogP contribution in [0.15, 0.2) is 18.3 Å². The summed E-state index contributed by atoms with van der Waals surface area (Å²) in [6, 6.07) is 3.96. The topological polar surface area (TPSA) is 34.1 Å². The molecule has 0 bridgehead atoms. The Morgan fingerprint density at radius 2 is 2.53 bits per heavy atom. The molecule has 2 rings (SSSR count). The highest BCUT2D eigenvalue weighted by atomic mass is 16.5. The predicted molar refractivity (Wildman–Crippen MR) is 60.1 cm³/mol. The Kier molecular flexibility index (Phi) is 3.56. The first-order valence-electron chi connectivity index (χ1n) is 5.61. The Morgan fingerprint density at radius 3 is 3.27 bits per heavy atom. The van der Waals surface area contributed by atoms with E-state index in [2.05, 4.69) is 17.2 Å². The fraction of sp³-hybridized carbons (Fsp3) is 0.583. The van der Waals surface area contributed by atoms with Crippen LogP contribution in [0.1, 0.15) is 18.4 Å². The van der Waals surface area contributed by atoms with Crippen molar-refractivity contribution in [2.75, 3.05) is 19.7 Å². The third-order valence-electron chi connectivity index (χ3n) is 2.76. The molecule has 1 N–H and O–H groups in total. The normalized spacial score (nSPS) is 21.3. The van der Waals surface area contributed by atoms with Gasteiger partial charge in [-0.05, 0) is 37.9 Å². The molecule has 1 aliphatic heterocycles. The molecule has 82 valence electrons. The SMILES string of the molecule is Cc1ccnc(OC[C@@H]2CCCNC2)c1. The molecule has 2 heterocycles. The van der Waals surface area contributed by atoms with E-state index in [0.717, 1.165) is 25.6 Å². The lowest BCUT2D eigenvalue weighted by molar-refractivity contribution is 0.212. The van der Waals surface area contributed by atoms with Gasteiger partial charge in [-0.25, -0.2) is 4.98 Å². The van der Waals surface area contributed by atoms with Gasteiger partial charge in [0.25, 0.3) is 0 Å². The van der Waals surface area contributed by atoms with Crippen LogP contribution in [-0.2, 0) is 0 Å². The van der Waals surface area contributed by atoms with Gasteiger partial charge in [-0.3, -0.25) is 0 Å². The molecule has 3 heteroatoms. The number of piperidine rings is 1. The third-order valence-corrected chi connectivity index (χ3v) is 2.76. The van der Waals surface area contributed by atoms with Gasteiger partial charge in [0.2, 0.25) is 5.88 Å². The molecule has 15 heavy (non-hydrogen) atoms. The summed E-state index contributed by atoms with van der Waals surface area (Å²) in [5, 5.41) is 3.38. The number of pyridine rings is 1. The predicted octanol–water partition coefficient (Wildman–Crippen LogP) is 1.77. The lowest BCUT2D eigenvalue weighted by Gasteiger charge is -2.22. The largest absolute Gasteiger partial charge is 0.477 e. The van der Waals surface area contributed by atoms with Crippen molar-refractivity contribution in [2.45, 2.75) is 19.8 Å². The zero-order chi connectivity index (χ0) is 10.5. The second-order valence-electron chi connectivity index (χ2n) is 4.19. The van der Waals surface area contributed by atoms with E-state index in [1.807, 2.05) is 12.1 Å². The molecule has 0 unspecified atom stereocenters. The van der Waals surface area contributed by atoms with Crippen molar-refractivity contribution in [1.29, 1.82) is 0 Å². The average molecular weight is 206 g/mol. The van der Waals surface area contributed by atoms with Crippen LogP contribution < -0.4 is 10.1 Å². The quantitative estimate of drug-likeness (QED) is 0.818.